The first kappa shape index (κ1) is 13.1. The molecule has 0 spiro atoms. The van der Waals surface area contributed by atoms with Crippen molar-refractivity contribution < 1.29 is 4.74 Å². The molecule has 0 amide bonds. The maximum atomic E-state index is 6.02. The van der Waals surface area contributed by atoms with Crippen LogP contribution >= 0.6 is 11.6 Å². The van der Waals surface area contributed by atoms with Crippen LogP contribution in [0.1, 0.15) is 6.42 Å². The number of rotatable bonds is 6. The van der Waals surface area contributed by atoms with Crippen molar-refractivity contribution in [1.82, 2.24) is 4.90 Å². The van der Waals surface area contributed by atoms with Crippen molar-refractivity contribution in [2.75, 3.05) is 39.6 Å². The number of halogens is 1. The highest BCUT2D eigenvalue weighted by Gasteiger charge is 2.00. The van der Waals surface area contributed by atoms with Crippen LogP contribution in [0.5, 0.6) is 5.75 Å². The van der Waals surface area contributed by atoms with Crippen LogP contribution in [0, 0.1) is 0 Å². The van der Waals surface area contributed by atoms with Crippen molar-refractivity contribution in [3.05, 3.63) is 23.2 Å². The number of nitrogens with zero attached hydrogens (tertiary/aromatic N) is 1. The third kappa shape index (κ3) is 4.29. The SMILES string of the molecule is COc1ccc(NCCCN(C)C)cc1Cl. The smallest absolute Gasteiger partial charge is 0.137 e. The standard InChI is InChI=1S/C12H19ClN2O/c1-15(2)8-4-7-14-10-5-6-12(16-3)11(13)9-10/h5-6,9,14H,4,7-8H2,1-3H3. The van der Waals surface area contributed by atoms with E-state index in [0.717, 1.165) is 25.2 Å². The molecule has 0 aromatic heterocycles. The second-order valence-electron chi connectivity index (χ2n) is 3.93. The monoisotopic (exact) mass is 242 g/mol. The van der Waals surface area contributed by atoms with Crippen molar-refractivity contribution in [3.8, 4) is 5.75 Å². The molecule has 0 atom stereocenters. The number of anilines is 1. The number of benzene rings is 1. The Morgan fingerprint density at radius 2 is 2.12 bits per heavy atom. The Hall–Kier alpha value is -0.930. The number of methoxy groups -OCH3 is 1. The predicted octanol–water partition coefficient (Wildman–Crippen LogP) is 2.71. The van der Waals surface area contributed by atoms with Crippen LogP contribution in [-0.4, -0.2) is 39.2 Å². The first-order valence-electron chi connectivity index (χ1n) is 5.35. The molecule has 0 aliphatic heterocycles. The first-order valence-corrected chi connectivity index (χ1v) is 5.73. The van der Waals surface area contributed by atoms with Crippen LogP contribution in [0.15, 0.2) is 18.2 Å². The Bertz CT molecular complexity index is 329. The van der Waals surface area contributed by atoms with E-state index in [1.54, 1.807) is 7.11 Å². The second-order valence-corrected chi connectivity index (χ2v) is 4.34. The van der Waals surface area contributed by atoms with E-state index in [2.05, 4.69) is 24.3 Å². The lowest BCUT2D eigenvalue weighted by atomic mass is 10.3. The normalized spacial score (nSPS) is 10.6. The fourth-order valence-electron chi connectivity index (χ4n) is 1.40. The van der Waals surface area contributed by atoms with Gasteiger partial charge in [0.05, 0.1) is 12.1 Å². The lowest BCUT2D eigenvalue weighted by molar-refractivity contribution is 0.405. The second kappa shape index (κ2) is 6.61. The lowest BCUT2D eigenvalue weighted by Gasteiger charge is -2.11. The molecule has 0 fully saturated rings. The molecule has 0 aliphatic carbocycles. The molecule has 16 heavy (non-hydrogen) atoms. The summed E-state index contributed by atoms with van der Waals surface area (Å²) in [6.07, 6.45) is 1.11. The van der Waals surface area contributed by atoms with Crippen molar-refractivity contribution >= 4 is 17.3 Å². The van der Waals surface area contributed by atoms with Gasteiger partial charge in [0.1, 0.15) is 5.75 Å². The summed E-state index contributed by atoms with van der Waals surface area (Å²) < 4.78 is 5.09. The summed E-state index contributed by atoms with van der Waals surface area (Å²) in [6, 6.07) is 5.73. The lowest BCUT2D eigenvalue weighted by Crippen LogP contribution is -2.16. The minimum atomic E-state index is 0.639. The largest absolute Gasteiger partial charge is 0.495 e. The Kier molecular flexibility index (Phi) is 5.43. The van der Waals surface area contributed by atoms with E-state index in [-0.39, 0.29) is 0 Å². The summed E-state index contributed by atoms with van der Waals surface area (Å²) in [6.45, 7) is 2.03. The van der Waals surface area contributed by atoms with Crippen molar-refractivity contribution in [1.29, 1.82) is 0 Å². The van der Waals surface area contributed by atoms with E-state index >= 15 is 0 Å². The molecule has 0 unspecified atom stereocenters. The summed E-state index contributed by atoms with van der Waals surface area (Å²) in [5.74, 6) is 0.709. The Morgan fingerprint density at radius 1 is 1.38 bits per heavy atom. The molecule has 0 heterocycles. The van der Waals surface area contributed by atoms with Gasteiger partial charge in [-0.1, -0.05) is 11.6 Å². The van der Waals surface area contributed by atoms with Gasteiger partial charge >= 0.3 is 0 Å². The van der Waals surface area contributed by atoms with Gasteiger partial charge in [-0.2, -0.15) is 0 Å². The first-order chi connectivity index (χ1) is 7.63. The van der Waals surface area contributed by atoms with Gasteiger partial charge in [0.2, 0.25) is 0 Å². The zero-order valence-corrected chi connectivity index (χ0v) is 10.8. The minimum Gasteiger partial charge on any atom is -0.495 e. The average molecular weight is 243 g/mol. The van der Waals surface area contributed by atoms with E-state index in [1.165, 1.54) is 0 Å². The van der Waals surface area contributed by atoms with Crippen LogP contribution in [0.25, 0.3) is 0 Å². The highest BCUT2D eigenvalue weighted by Crippen LogP contribution is 2.26. The van der Waals surface area contributed by atoms with Crippen LogP contribution in [0.4, 0.5) is 5.69 Å². The zero-order chi connectivity index (χ0) is 12.0. The van der Waals surface area contributed by atoms with E-state index in [0.29, 0.717) is 10.8 Å². The zero-order valence-electron chi connectivity index (χ0n) is 10.1. The summed E-state index contributed by atoms with van der Waals surface area (Å²) >= 11 is 6.02. The highest BCUT2D eigenvalue weighted by atomic mass is 35.5. The van der Waals surface area contributed by atoms with E-state index in [1.807, 2.05) is 18.2 Å². The topological polar surface area (TPSA) is 24.5 Å². The molecule has 0 saturated heterocycles. The molecule has 4 heteroatoms. The summed E-state index contributed by atoms with van der Waals surface area (Å²) in [7, 11) is 5.76. The van der Waals surface area contributed by atoms with E-state index in [4.69, 9.17) is 16.3 Å². The minimum absolute atomic E-state index is 0.639. The highest BCUT2D eigenvalue weighted by molar-refractivity contribution is 6.32. The molecule has 1 N–H and O–H groups in total. The van der Waals surface area contributed by atoms with Gasteiger partial charge in [-0.25, -0.2) is 0 Å². The van der Waals surface area contributed by atoms with Crippen molar-refractivity contribution in [2.24, 2.45) is 0 Å². The number of hydrogen-bond donors (Lipinski definition) is 1. The predicted molar refractivity (Wildman–Crippen MR) is 69.7 cm³/mol. The number of hydrogen-bond acceptors (Lipinski definition) is 3. The molecular formula is C12H19ClN2O. The molecular weight excluding hydrogens is 224 g/mol. The molecule has 1 rings (SSSR count). The molecule has 3 nitrogen and oxygen atoms in total. The van der Waals surface area contributed by atoms with E-state index < -0.39 is 0 Å². The van der Waals surface area contributed by atoms with Gasteiger partial charge in [0.15, 0.2) is 0 Å². The van der Waals surface area contributed by atoms with Crippen LogP contribution in [-0.2, 0) is 0 Å². The molecule has 1 aromatic rings. The average Bonchev–Trinajstić information content (AvgIpc) is 2.24. The summed E-state index contributed by atoms with van der Waals surface area (Å²) in [5.41, 5.74) is 1.03. The van der Waals surface area contributed by atoms with Crippen LogP contribution < -0.4 is 10.1 Å². The third-order valence-corrected chi connectivity index (χ3v) is 2.56. The fraction of sp³-hybridized carbons (Fsp3) is 0.500. The molecule has 1 aromatic carbocycles. The summed E-state index contributed by atoms with van der Waals surface area (Å²) in [5, 5.41) is 3.96. The molecule has 0 saturated carbocycles. The maximum absolute atomic E-state index is 6.02. The third-order valence-electron chi connectivity index (χ3n) is 2.26. The molecule has 0 aliphatic rings. The Morgan fingerprint density at radius 3 is 2.69 bits per heavy atom. The van der Waals surface area contributed by atoms with Gasteiger partial charge < -0.3 is 15.0 Å². The van der Waals surface area contributed by atoms with Gasteiger partial charge in [-0.3, -0.25) is 0 Å². The van der Waals surface area contributed by atoms with Crippen LogP contribution in [0.2, 0.25) is 5.02 Å². The van der Waals surface area contributed by atoms with E-state index in [9.17, 15) is 0 Å². The fourth-order valence-corrected chi connectivity index (χ4v) is 1.66. The van der Waals surface area contributed by atoms with Crippen LogP contribution in [0.3, 0.4) is 0 Å². The van der Waals surface area contributed by atoms with Gasteiger partial charge in [-0.05, 0) is 45.3 Å². The molecule has 0 radical (unpaired) electrons. The molecule has 0 bridgehead atoms. The number of nitrogens with one attached hydrogen (secondary N) is 1. The van der Waals surface area contributed by atoms with Gasteiger partial charge in [-0.15, -0.1) is 0 Å². The number of ether oxygens (including phenoxy) is 1. The Labute approximate surface area is 102 Å². The van der Waals surface area contributed by atoms with Gasteiger partial charge in [0.25, 0.3) is 0 Å². The van der Waals surface area contributed by atoms with Crippen molar-refractivity contribution in [3.63, 3.8) is 0 Å². The molecule has 90 valence electrons. The van der Waals surface area contributed by atoms with Gasteiger partial charge in [0, 0.05) is 12.2 Å². The maximum Gasteiger partial charge on any atom is 0.137 e. The van der Waals surface area contributed by atoms with Crippen molar-refractivity contribution in [2.45, 2.75) is 6.42 Å². The Balaban J connectivity index is 2.40. The summed E-state index contributed by atoms with van der Waals surface area (Å²) in [4.78, 5) is 2.17. The quantitative estimate of drug-likeness (QED) is 0.777.